The first-order valence-electron chi connectivity index (χ1n) is 5.35. The van der Waals surface area contributed by atoms with Gasteiger partial charge in [0.05, 0.1) is 16.6 Å². The molecule has 18 heavy (non-hydrogen) atoms. The monoisotopic (exact) mass is 305 g/mol. The van der Waals surface area contributed by atoms with Crippen LogP contribution in [0.1, 0.15) is 0 Å². The van der Waals surface area contributed by atoms with Crippen molar-refractivity contribution in [1.29, 1.82) is 0 Å². The smallest absolute Gasteiger partial charge is 0.142 e. The predicted octanol–water partition coefficient (Wildman–Crippen LogP) is 3.71. The second-order valence-corrected chi connectivity index (χ2v) is 4.81. The SMILES string of the molecule is Nc1ccc2nc(-c3c(F)cccc3Br)[nH]c2c1. The van der Waals surface area contributed by atoms with E-state index in [1.807, 2.05) is 0 Å². The highest BCUT2D eigenvalue weighted by Crippen LogP contribution is 2.30. The van der Waals surface area contributed by atoms with Gasteiger partial charge in [-0.2, -0.15) is 0 Å². The Hall–Kier alpha value is -1.88. The van der Waals surface area contributed by atoms with Crippen LogP contribution in [0.4, 0.5) is 10.1 Å². The number of nitrogens with zero attached hydrogens (tertiary/aromatic N) is 1. The molecule has 0 radical (unpaired) electrons. The number of halogens is 2. The first kappa shape index (κ1) is 11.2. The van der Waals surface area contributed by atoms with Gasteiger partial charge in [0, 0.05) is 10.2 Å². The number of H-pyrrole nitrogens is 1. The number of hydrogen-bond donors (Lipinski definition) is 2. The van der Waals surface area contributed by atoms with Crippen LogP contribution in [0.2, 0.25) is 0 Å². The molecule has 90 valence electrons. The third kappa shape index (κ3) is 1.76. The Balaban J connectivity index is 2.26. The molecule has 0 spiro atoms. The van der Waals surface area contributed by atoms with Crippen LogP contribution in [-0.2, 0) is 0 Å². The molecule has 3 rings (SSSR count). The van der Waals surface area contributed by atoms with E-state index < -0.39 is 0 Å². The Morgan fingerprint density at radius 3 is 2.83 bits per heavy atom. The largest absolute Gasteiger partial charge is 0.399 e. The Labute approximate surface area is 111 Å². The standard InChI is InChI=1S/C13H9BrFN3/c14-8-2-1-3-9(15)12(8)13-17-10-5-4-7(16)6-11(10)18-13/h1-6H,16H2,(H,17,18). The lowest BCUT2D eigenvalue weighted by molar-refractivity contribution is 0.629. The summed E-state index contributed by atoms with van der Waals surface area (Å²) < 4.78 is 14.5. The molecule has 0 saturated carbocycles. The summed E-state index contributed by atoms with van der Waals surface area (Å²) in [6.07, 6.45) is 0. The summed E-state index contributed by atoms with van der Waals surface area (Å²) in [4.78, 5) is 7.44. The number of benzene rings is 2. The Morgan fingerprint density at radius 1 is 1.22 bits per heavy atom. The Bertz CT molecular complexity index is 716. The number of nitrogen functional groups attached to an aromatic ring is 1. The molecule has 3 nitrogen and oxygen atoms in total. The maximum atomic E-state index is 13.8. The topological polar surface area (TPSA) is 54.7 Å². The number of imidazole rings is 1. The summed E-state index contributed by atoms with van der Waals surface area (Å²) >= 11 is 3.33. The van der Waals surface area contributed by atoms with Crippen molar-refractivity contribution >= 4 is 32.7 Å². The summed E-state index contributed by atoms with van der Waals surface area (Å²) in [5.41, 5.74) is 8.32. The highest BCUT2D eigenvalue weighted by Gasteiger charge is 2.13. The molecule has 0 aliphatic rings. The molecule has 0 fully saturated rings. The van der Waals surface area contributed by atoms with Crippen LogP contribution in [0, 0.1) is 5.82 Å². The quantitative estimate of drug-likeness (QED) is 0.673. The van der Waals surface area contributed by atoms with E-state index in [1.54, 1.807) is 30.3 Å². The summed E-state index contributed by atoms with van der Waals surface area (Å²) in [5.74, 6) is 0.164. The van der Waals surface area contributed by atoms with E-state index >= 15 is 0 Å². The number of fused-ring (bicyclic) bond motifs is 1. The first-order valence-corrected chi connectivity index (χ1v) is 6.14. The van der Waals surface area contributed by atoms with Crippen molar-refractivity contribution in [3.05, 3.63) is 46.7 Å². The third-order valence-corrected chi connectivity index (χ3v) is 3.37. The van der Waals surface area contributed by atoms with Gasteiger partial charge in [0.15, 0.2) is 0 Å². The van der Waals surface area contributed by atoms with Gasteiger partial charge in [-0.3, -0.25) is 0 Å². The lowest BCUT2D eigenvalue weighted by Gasteiger charge is -2.01. The average Bonchev–Trinajstić information content (AvgIpc) is 2.71. The molecular weight excluding hydrogens is 297 g/mol. The van der Waals surface area contributed by atoms with Gasteiger partial charge >= 0.3 is 0 Å². The molecule has 3 N–H and O–H groups in total. The van der Waals surface area contributed by atoms with Crippen LogP contribution in [-0.4, -0.2) is 9.97 Å². The van der Waals surface area contributed by atoms with Crippen molar-refractivity contribution in [3.63, 3.8) is 0 Å². The minimum atomic E-state index is -0.323. The van der Waals surface area contributed by atoms with Crippen molar-refractivity contribution in [2.75, 3.05) is 5.73 Å². The predicted molar refractivity (Wildman–Crippen MR) is 73.6 cm³/mol. The normalized spacial score (nSPS) is 11.0. The van der Waals surface area contributed by atoms with Gasteiger partial charge in [-0.25, -0.2) is 9.37 Å². The first-order chi connectivity index (χ1) is 8.65. The fourth-order valence-electron chi connectivity index (χ4n) is 1.87. The van der Waals surface area contributed by atoms with Crippen LogP contribution in [0.25, 0.3) is 22.4 Å². The van der Waals surface area contributed by atoms with Crippen molar-refractivity contribution in [3.8, 4) is 11.4 Å². The zero-order chi connectivity index (χ0) is 12.7. The van der Waals surface area contributed by atoms with Crippen molar-refractivity contribution < 1.29 is 4.39 Å². The van der Waals surface area contributed by atoms with E-state index in [-0.39, 0.29) is 5.82 Å². The van der Waals surface area contributed by atoms with Crippen LogP contribution < -0.4 is 5.73 Å². The second-order valence-electron chi connectivity index (χ2n) is 3.96. The number of nitrogens with one attached hydrogen (secondary N) is 1. The molecule has 0 amide bonds. The number of anilines is 1. The van der Waals surface area contributed by atoms with Crippen LogP contribution in [0.15, 0.2) is 40.9 Å². The van der Waals surface area contributed by atoms with Gasteiger partial charge < -0.3 is 10.7 Å². The minimum absolute atomic E-state index is 0.323. The minimum Gasteiger partial charge on any atom is -0.399 e. The van der Waals surface area contributed by atoms with Crippen LogP contribution in [0.3, 0.4) is 0 Å². The summed E-state index contributed by atoms with van der Waals surface area (Å²) in [7, 11) is 0. The van der Waals surface area contributed by atoms with Gasteiger partial charge in [-0.1, -0.05) is 6.07 Å². The molecule has 0 aliphatic carbocycles. The number of aromatic amines is 1. The Morgan fingerprint density at radius 2 is 2.06 bits per heavy atom. The highest BCUT2D eigenvalue weighted by molar-refractivity contribution is 9.10. The van der Waals surface area contributed by atoms with Crippen LogP contribution >= 0.6 is 15.9 Å². The molecule has 2 aromatic carbocycles. The third-order valence-electron chi connectivity index (χ3n) is 2.71. The highest BCUT2D eigenvalue weighted by atomic mass is 79.9. The fourth-order valence-corrected chi connectivity index (χ4v) is 2.40. The molecule has 1 aromatic heterocycles. The van der Waals surface area contributed by atoms with Gasteiger partial charge in [-0.15, -0.1) is 0 Å². The maximum Gasteiger partial charge on any atom is 0.142 e. The second kappa shape index (κ2) is 4.10. The number of rotatable bonds is 1. The summed E-state index contributed by atoms with van der Waals surface area (Å²) in [6, 6.07) is 10.2. The van der Waals surface area contributed by atoms with E-state index in [0.29, 0.717) is 21.5 Å². The molecule has 0 bridgehead atoms. The number of nitrogens with two attached hydrogens (primary N) is 1. The average molecular weight is 306 g/mol. The van der Waals surface area contributed by atoms with Crippen molar-refractivity contribution in [1.82, 2.24) is 9.97 Å². The van der Waals surface area contributed by atoms with Gasteiger partial charge in [0.1, 0.15) is 11.6 Å². The molecule has 0 unspecified atom stereocenters. The van der Waals surface area contributed by atoms with Crippen LogP contribution in [0.5, 0.6) is 0 Å². The maximum absolute atomic E-state index is 13.8. The van der Waals surface area contributed by atoms with E-state index in [0.717, 1.165) is 11.0 Å². The van der Waals surface area contributed by atoms with E-state index in [1.165, 1.54) is 6.07 Å². The van der Waals surface area contributed by atoms with E-state index in [2.05, 4.69) is 25.9 Å². The van der Waals surface area contributed by atoms with E-state index in [4.69, 9.17) is 5.73 Å². The Kier molecular flexibility index (Phi) is 2.56. The molecule has 1 heterocycles. The molecule has 0 saturated heterocycles. The number of aromatic nitrogens is 2. The van der Waals surface area contributed by atoms with E-state index in [9.17, 15) is 4.39 Å². The lowest BCUT2D eigenvalue weighted by Crippen LogP contribution is -1.87. The summed E-state index contributed by atoms with van der Waals surface area (Å²) in [5, 5.41) is 0. The van der Waals surface area contributed by atoms with Gasteiger partial charge in [0.2, 0.25) is 0 Å². The molecule has 0 aliphatic heterocycles. The zero-order valence-electron chi connectivity index (χ0n) is 9.24. The molecule has 3 aromatic rings. The summed E-state index contributed by atoms with van der Waals surface area (Å²) in [6.45, 7) is 0. The fraction of sp³-hybridized carbons (Fsp3) is 0. The molecule has 5 heteroatoms. The molecular formula is C13H9BrFN3. The molecule has 0 atom stereocenters. The lowest BCUT2D eigenvalue weighted by atomic mass is 10.2. The van der Waals surface area contributed by atoms with Gasteiger partial charge in [-0.05, 0) is 46.3 Å². The van der Waals surface area contributed by atoms with Crippen molar-refractivity contribution in [2.45, 2.75) is 0 Å². The van der Waals surface area contributed by atoms with Crippen molar-refractivity contribution in [2.24, 2.45) is 0 Å². The number of hydrogen-bond acceptors (Lipinski definition) is 2. The zero-order valence-corrected chi connectivity index (χ0v) is 10.8. The van der Waals surface area contributed by atoms with Gasteiger partial charge in [0.25, 0.3) is 0 Å².